The molecule has 0 aliphatic carbocycles. The molecule has 3 rings (SSSR count). The minimum atomic E-state index is -0.535. The van der Waals surface area contributed by atoms with Crippen LogP contribution in [0.15, 0.2) is 28.7 Å². The van der Waals surface area contributed by atoms with E-state index in [0.29, 0.717) is 41.1 Å². The Morgan fingerprint density at radius 1 is 1.00 bits per heavy atom. The maximum absolute atomic E-state index is 6.40. The average Bonchev–Trinajstić information content (AvgIpc) is 2.73. The Balaban J connectivity index is 1.99. The standard InChI is InChI=1S/C14H11Cl3O3/c15-9-7-12-11(18-4-1-5-19-12)6-8(9)14(17)10-2-3-13(16)20-10/h2-3,6-7,14H,1,4-5H2. The van der Waals surface area contributed by atoms with Crippen molar-refractivity contribution < 1.29 is 13.9 Å². The summed E-state index contributed by atoms with van der Waals surface area (Å²) in [7, 11) is 0. The Morgan fingerprint density at radius 2 is 1.70 bits per heavy atom. The van der Waals surface area contributed by atoms with Crippen LogP contribution in [0.4, 0.5) is 0 Å². The molecule has 0 spiro atoms. The molecule has 0 saturated heterocycles. The van der Waals surface area contributed by atoms with Crippen LogP contribution in [0.25, 0.3) is 0 Å². The van der Waals surface area contributed by atoms with Crippen molar-refractivity contribution in [1.29, 1.82) is 0 Å². The predicted molar refractivity (Wildman–Crippen MR) is 78.5 cm³/mol. The Hall–Kier alpha value is -1.03. The van der Waals surface area contributed by atoms with Gasteiger partial charge in [0.2, 0.25) is 0 Å². The molecule has 0 radical (unpaired) electrons. The van der Waals surface area contributed by atoms with Crippen molar-refractivity contribution in [2.24, 2.45) is 0 Å². The van der Waals surface area contributed by atoms with Crippen molar-refractivity contribution in [2.75, 3.05) is 13.2 Å². The summed E-state index contributed by atoms with van der Waals surface area (Å²) in [6, 6.07) is 6.87. The monoisotopic (exact) mass is 332 g/mol. The number of benzene rings is 1. The maximum atomic E-state index is 6.40. The smallest absolute Gasteiger partial charge is 0.193 e. The lowest BCUT2D eigenvalue weighted by atomic mass is 10.1. The lowest BCUT2D eigenvalue weighted by Crippen LogP contribution is -1.97. The van der Waals surface area contributed by atoms with E-state index in [9.17, 15) is 0 Å². The summed E-state index contributed by atoms with van der Waals surface area (Å²) in [4.78, 5) is 0. The van der Waals surface area contributed by atoms with Gasteiger partial charge in [-0.05, 0) is 29.8 Å². The van der Waals surface area contributed by atoms with Crippen LogP contribution in [0.5, 0.6) is 11.5 Å². The molecule has 1 aromatic carbocycles. The summed E-state index contributed by atoms with van der Waals surface area (Å²) in [5.74, 6) is 1.82. The van der Waals surface area contributed by atoms with E-state index in [1.807, 2.05) is 0 Å². The van der Waals surface area contributed by atoms with Gasteiger partial charge >= 0.3 is 0 Å². The number of rotatable bonds is 2. The molecule has 2 aromatic rings. The fraction of sp³-hybridized carbons (Fsp3) is 0.286. The molecule has 1 atom stereocenters. The third kappa shape index (κ3) is 2.71. The second-order valence-corrected chi connectivity index (χ2v) is 5.59. The zero-order valence-electron chi connectivity index (χ0n) is 10.4. The van der Waals surface area contributed by atoms with Gasteiger partial charge in [-0.2, -0.15) is 0 Å². The zero-order valence-corrected chi connectivity index (χ0v) is 12.6. The molecule has 3 nitrogen and oxygen atoms in total. The summed E-state index contributed by atoms with van der Waals surface area (Å²) in [5.41, 5.74) is 0.698. The summed E-state index contributed by atoms with van der Waals surface area (Å²) < 4.78 is 16.5. The van der Waals surface area contributed by atoms with E-state index in [2.05, 4.69) is 0 Å². The van der Waals surface area contributed by atoms with E-state index in [4.69, 9.17) is 48.7 Å². The lowest BCUT2D eigenvalue weighted by molar-refractivity contribution is 0.297. The SMILES string of the molecule is Clc1ccc(C(Cl)c2cc3c(cc2Cl)OCCCO3)o1. The Bertz CT molecular complexity index is 624. The number of fused-ring (bicyclic) bond motifs is 1. The number of furan rings is 1. The van der Waals surface area contributed by atoms with Crippen LogP contribution in [0.3, 0.4) is 0 Å². The number of alkyl halides is 1. The Morgan fingerprint density at radius 3 is 2.35 bits per heavy atom. The molecular formula is C14H11Cl3O3. The van der Waals surface area contributed by atoms with Crippen LogP contribution in [-0.2, 0) is 0 Å². The third-order valence-corrected chi connectivity index (χ3v) is 3.96. The van der Waals surface area contributed by atoms with Crippen molar-refractivity contribution in [1.82, 2.24) is 0 Å². The van der Waals surface area contributed by atoms with Crippen molar-refractivity contribution in [3.8, 4) is 11.5 Å². The third-order valence-electron chi connectivity index (χ3n) is 2.98. The van der Waals surface area contributed by atoms with Gasteiger partial charge in [0, 0.05) is 23.1 Å². The second-order valence-electron chi connectivity index (χ2n) is 4.38. The van der Waals surface area contributed by atoms with Crippen LogP contribution in [0.2, 0.25) is 10.2 Å². The molecule has 1 aliphatic heterocycles. The highest BCUT2D eigenvalue weighted by Crippen LogP contribution is 2.41. The van der Waals surface area contributed by atoms with Gasteiger partial charge in [0.25, 0.3) is 0 Å². The van der Waals surface area contributed by atoms with E-state index < -0.39 is 5.38 Å². The fourth-order valence-corrected chi connectivity index (χ4v) is 2.78. The van der Waals surface area contributed by atoms with Crippen molar-refractivity contribution in [3.63, 3.8) is 0 Å². The molecule has 1 aliphatic rings. The van der Waals surface area contributed by atoms with Crippen LogP contribution >= 0.6 is 34.8 Å². The maximum Gasteiger partial charge on any atom is 0.193 e. The molecule has 1 unspecified atom stereocenters. The fourth-order valence-electron chi connectivity index (χ4n) is 2.01. The minimum Gasteiger partial charge on any atom is -0.490 e. The second kappa shape index (κ2) is 5.76. The molecule has 0 amide bonds. The first-order valence-corrected chi connectivity index (χ1v) is 7.33. The quantitative estimate of drug-likeness (QED) is 0.719. The van der Waals surface area contributed by atoms with Gasteiger partial charge < -0.3 is 13.9 Å². The van der Waals surface area contributed by atoms with Gasteiger partial charge in [-0.15, -0.1) is 11.6 Å². The highest BCUT2D eigenvalue weighted by Gasteiger charge is 2.22. The molecule has 106 valence electrons. The molecule has 0 bridgehead atoms. The summed E-state index contributed by atoms with van der Waals surface area (Å²) in [6.07, 6.45) is 0.833. The first-order valence-electron chi connectivity index (χ1n) is 6.13. The highest BCUT2D eigenvalue weighted by atomic mass is 35.5. The van der Waals surface area contributed by atoms with E-state index in [1.165, 1.54) is 0 Å². The van der Waals surface area contributed by atoms with Gasteiger partial charge in [0.15, 0.2) is 16.7 Å². The van der Waals surface area contributed by atoms with Gasteiger partial charge in [0.05, 0.1) is 13.2 Å². The van der Waals surface area contributed by atoms with Crippen LogP contribution < -0.4 is 9.47 Å². The summed E-state index contributed by atoms with van der Waals surface area (Å²) in [6.45, 7) is 1.22. The van der Waals surface area contributed by atoms with E-state index in [0.717, 1.165) is 6.42 Å². The van der Waals surface area contributed by atoms with Gasteiger partial charge in [-0.3, -0.25) is 0 Å². The van der Waals surface area contributed by atoms with Gasteiger partial charge in [-0.25, -0.2) is 0 Å². The highest BCUT2D eigenvalue weighted by molar-refractivity contribution is 6.33. The first kappa shape index (κ1) is 13.9. The van der Waals surface area contributed by atoms with Crippen molar-refractivity contribution in [2.45, 2.75) is 11.8 Å². The largest absolute Gasteiger partial charge is 0.490 e. The topological polar surface area (TPSA) is 31.6 Å². The van der Waals surface area contributed by atoms with Crippen LogP contribution in [-0.4, -0.2) is 13.2 Å². The lowest BCUT2D eigenvalue weighted by Gasteiger charge is -2.14. The molecule has 0 saturated carbocycles. The molecular weight excluding hydrogens is 323 g/mol. The number of ether oxygens (including phenoxy) is 2. The number of hydrogen-bond donors (Lipinski definition) is 0. The molecule has 1 aromatic heterocycles. The van der Waals surface area contributed by atoms with Crippen LogP contribution in [0.1, 0.15) is 23.1 Å². The molecule has 20 heavy (non-hydrogen) atoms. The van der Waals surface area contributed by atoms with E-state index >= 15 is 0 Å². The van der Waals surface area contributed by atoms with Crippen molar-refractivity contribution in [3.05, 3.63) is 45.8 Å². The zero-order chi connectivity index (χ0) is 14.1. The van der Waals surface area contributed by atoms with Crippen LogP contribution in [0, 0.1) is 0 Å². The van der Waals surface area contributed by atoms with E-state index in [1.54, 1.807) is 24.3 Å². The van der Waals surface area contributed by atoms with Gasteiger partial charge in [0.1, 0.15) is 11.1 Å². The number of hydrogen-bond acceptors (Lipinski definition) is 3. The molecule has 6 heteroatoms. The van der Waals surface area contributed by atoms with E-state index in [-0.39, 0.29) is 5.22 Å². The normalized spacial score (nSPS) is 15.8. The summed E-state index contributed by atoms with van der Waals surface area (Å²) >= 11 is 18.4. The molecule has 2 heterocycles. The van der Waals surface area contributed by atoms with Crippen molar-refractivity contribution >= 4 is 34.8 Å². The molecule has 0 N–H and O–H groups in total. The Labute approximate surface area is 131 Å². The average molecular weight is 334 g/mol. The first-order chi connectivity index (χ1) is 9.65. The number of halogens is 3. The predicted octanol–water partition coefficient (Wildman–Crippen LogP) is 5.08. The minimum absolute atomic E-state index is 0.288. The van der Waals surface area contributed by atoms with Gasteiger partial charge in [-0.1, -0.05) is 11.6 Å². The molecule has 0 fully saturated rings. The summed E-state index contributed by atoms with van der Waals surface area (Å²) in [5, 5.41) is 0.255. The Kier molecular flexibility index (Phi) is 4.01.